The fourth-order valence-corrected chi connectivity index (χ4v) is 2.79. The number of hydrogen-bond donors (Lipinski definition) is 1. The largest absolute Gasteiger partial charge is 0.328 e. The van der Waals surface area contributed by atoms with Crippen molar-refractivity contribution >= 4 is 0 Å². The average molecular weight is 250 g/mol. The van der Waals surface area contributed by atoms with Crippen molar-refractivity contribution in [3.63, 3.8) is 0 Å². The molecule has 2 rings (SSSR count). The monoisotopic (exact) mass is 250 g/mol. The molecule has 18 heavy (non-hydrogen) atoms. The number of nitrogens with zero attached hydrogens (tertiary/aromatic N) is 3. The van der Waals surface area contributed by atoms with Gasteiger partial charge in [-0.25, -0.2) is 4.98 Å². The molecule has 4 nitrogen and oxygen atoms in total. The summed E-state index contributed by atoms with van der Waals surface area (Å²) in [5, 5.41) is 3.57. The summed E-state index contributed by atoms with van der Waals surface area (Å²) >= 11 is 0. The fraction of sp³-hybridized carbons (Fsp3) is 0.786. The third-order valence-corrected chi connectivity index (χ3v) is 3.79. The van der Waals surface area contributed by atoms with Crippen molar-refractivity contribution in [2.24, 2.45) is 5.92 Å². The van der Waals surface area contributed by atoms with E-state index in [0.717, 1.165) is 13.1 Å². The lowest BCUT2D eigenvalue weighted by Gasteiger charge is -2.28. The third-order valence-electron chi connectivity index (χ3n) is 3.79. The molecular weight excluding hydrogens is 224 g/mol. The number of aromatic nitrogens is 2. The van der Waals surface area contributed by atoms with Gasteiger partial charge in [0.05, 0.1) is 12.0 Å². The van der Waals surface area contributed by atoms with E-state index in [2.05, 4.69) is 47.7 Å². The molecule has 1 aromatic heterocycles. The second-order valence-corrected chi connectivity index (χ2v) is 5.95. The van der Waals surface area contributed by atoms with Crippen molar-refractivity contribution < 1.29 is 0 Å². The SMILES string of the molecule is CC(C)C(CN(C)C)n1cncc1C1CCCN1. The molecule has 1 fully saturated rings. The minimum atomic E-state index is 0.496. The maximum atomic E-state index is 4.38. The smallest absolute Gasteiger partial charge is 0.0951 e. The molecule has 0 radical (unpaired) electrons. The maximum absolute atomic E-state index is 4.38. The molecule has 2 atom stereocenters. The molecule has 1 aliphatic rings. The Morgan fingerprint density at radius 3 is 2.83 bits per heavy atom. The van der Waals surface area contributed by atoms with Crippen LogP contribution in [-0.2, 0) is 0 Å². The molecule has 2 unspecified atom stereocenters. The van der Waals surface area contributed by atoms with Crippen molar-refractivity contribution in [3.8, 4) is 0 Å². The summed E-state index contributed by atoms with van der Waals surface area (Å²) in [4.78, 5) is 6.64. The van der Waals surface area contributed by atoms with Crippen LogP contribution in [0.15, 0.2) is 12.5 Å². The van der Waals surface area contributed by atoms with Crippen molar-refractivity contribution in [1.29, 1.82) is 0 Å². The Hall–Kier alpha value is -0.870. The summed E-state index contributed by atoms with van der Waals surface area (Å²) in [6, 6.07) is 0.996. The van der Waals surface area contributed by atoms with E-state index in [0.29, 0.717) is 18.0 Å². The van der Waals surface area contributed by atoms with Crippen LogP contribution in [0.25, 0.3) is 0 Å². The zero-order valence-corrected chi connectivity index (χ0v) is 12.1. The molecule has 102 valence electrons. The molecule has 0 bridgehead atoms. The molecule has 0 saturated carbocycles. The lowest BCUT2D eigenvalue weighted by molar-refractivity contribution is 0.262. The summed E-state index contributed by atoms with van der Waals surface area (Å²) in [6.45, 7) is 6.78. The van der Waals surface area contributed by atoms with Crippen LogP contribution >= 0.6 is 0 Å². The predicted octanol–water partition coefficient (Wildman–Crippen LogP) is 2.07. The van der Waals surface area contributed by atoms with Gasteiger partial charge < -0.3 is 14.8 Å². The van der Waals surface area contributed by atoms with E-state index in [1.165, 1.54) is 18.5 Å². The first-order valence-corrected chi connectivity index (χ1v) is 6.99. The zero-order chi connectivity index (χ0) is 13.1. The molecule has 1 aliphatic heterocycles. The molecule has 1 aromatic rings. The third kappa shape index (κ3) is 2.93. The van der Waals surface area contributed by atoms with Crippen LogP contribution in [-0.4, -0.2) is 41.6 Å². The maximum Gasteiger partial charge on any atom is 0.0951 e. The molecule has 0 aliphatic carbocycles. The molecule has 2 heterocycles. The van der Waals surface area contributed by atoms with Gasteiger partial charge in [0, 0.05) is 24.8 Å². The first kappa shape index (κ1) is 13.6. The molecule has 0 spiro atoms. The lowest BCUT2D eigenvalue weighted by Crippen LogP contribution is -2.30. The van der Waals surface area contributed by atoms with Crippen LogP contribution in [0.3, 0.4) is 0 Å². The quantitative estimate of drug-likeness (QED) is 0.868. The standard InChI is InChI=1S/C14H26N4/c1-11(2)14(9-17(3)4)18-10-15-8-13(18)12-6-5-7-16-12/h8,10-12,14,16H,5-7,9H2,1-4H3. The zero-order valence-electron chi connectivity index (χ0n) is 12.1. The molecule has 0 amide bonds. The summed E-state index contributed by atoms with van der Waals surface area (Å²) in [6.07, 6.45) is 6.55. The Bertz CT molecular complexity index is 364. The van der Waals surface area contributed by atoms with Gasteiger partial charge in [-0.05, 0) is 39.4 Å². The molecular formula is C14H26N4. The summed E-state index contributed by atoms with van der Waals surface area (Å²) in [5.41, 5.74) is 1.35. The summed E-state index contributed by atoms with van der Waals surface area (Å²) < 4.78 is 2.38. The van der Waals surface area contributed by atoms with Crippen molar-refractivity contribution in [2.45, 2.75) is 38.8 Å². The predicted molar refractivity (Wildman–Crippen MR) is 74.6 cm³/mol. The van der Waals surface area contributed by atoms with E-state index in [-0.39, 0.29) is 0 Å². The van der Waals surface area contributed by atoms with E-state index in [1.807, 2.05) is 12.5 Å². The Kier molecular flexibility index (Phi) is 4.40. The number of hydrogen-bond acceptors (Lipinski definition) is 3. The summed E-state index contributed by atoms with van der Waals surface area (Å²) in [7, 11) is 4.28. The van der Waals surface area contributed by atoms with E-state index in [9.17, 15) is 0 Å². The van der Waals surface area contributed by atoms with Gasteiger partial charge in [-0.15, -0.1) is 0 Å². The average Bonchev–Trinajstić information content (AvgIpc) is 2.95. The van der Waals surface area contributed by atoms with Crippen LogP contribution in [0.5, 0.6) is 0 Å². The van der Waals surface area contributed by atoms with Gasteiger partial charge in [-0.2, -0.15) is 0 Å². The van der Waals surface area contributed by atoms with Crippen LogP contribution < -0.4 is 5.32 Å². The number of likely N-dealkylation sites (N-methyl/N-ethyl adjacent to an activating group) is 1. The topological polar surface area (TPSA) is 33.1 Å². The van der Waals surface area contributed by atoms with Gasteiger partial charge in [0.1, 0.15) is 0 Å². The fourth-order valence-electron chi connectivity index (χ4n) is 2.79. The Morgan fingerprint density at radius 2 is 2.28 bits per heavy atom. The summed E-state index contributed by atoms with van der Waals surface area (Å²) in [5.74, 6) is 0.613. The highest BCUT2D eigenvalue weighted by molar-refractivity contribution is 5.09. The van der Waals surface area contributed by atoms with Crippen molar-refractivity contribution in [1.82, 2.24) is 19.8 Å². The van der Waals surface area contributed by atoms with Crippen LogP contribution in [0.1, 0.15) is 44.5 Å². The number of imidazole rings is 1. The second kappa shape index (κ2) is 5.85. The molecule has 0 aromatic carbocycles. The first-order chi connectivity index (χ1) is 8.59. The highest BCUT2D eigenvalue weighted by Crippen LogP contribution is 2.28. The van der Waals surface area contributed by atoms with Crippen molar-refractivity contribution in [3.05, 3.63) is 18.2 Å². The normalized spacial score (nSPS) is 22.0. The number of nitrogens with one attached hydrogen (secondary N) is 1. The van der Waals surface area contributed by atoms with Gasteiger partial charge in [-0.3, -0.25) is 0 Å². The van der Waals surface area contributed by atoms with Gasteiger partial charge in [0.25, 0.3) is 0 Å². The highest BCUT2D eigenvalue weighted by atomic mass is 15.2. The number of rotatable bonds is 5. The highest BCUT2D eigenvalue weighted by Gasteiger charge is 2.24. The first-order valence-electron chi connectivity index (χ1n) is 6.99. The van der Waals surface area contributed by atoms with E-state index >= 15 is 0 Å². The molecule has 4 heteroatoms. The molecule has 1 saturated heterocycles. The molecule has 1 N–H and O–H groups in total. The Balaban J connectivity index is 2.21. The van der Waals surface area contributed by atoms with Gasteiger partial charge in [0.2, 0.25) is 0 Å². The van der Waals surface area contributed by atoms with E-state index < -0.39 is 0 Å². The van der Waals surface area contributed by atoms with Crippen LogP contribution in [0.2, 0.25) is 0 Å². The van der Waals surface area contributed by atoms with Gasteiger partial charge in [-0.1, -0.05) is 13.8 Å². The minimum Gasteiger partial charge on any atom is -0.328 e. The van der Waals surface area contributed by atoms with Crippen LogP contribution in [0, 0.1) is 5.92 Å². The van der Waals surface area contributed by atoms with Gasteiger partial charge >= 0.3 is 0 Å². The van der Waals surface area contributed by atoms with E-state index in [4.69, 9.17) is 0 Å². The Morgan fingerprint density at radius 1 is 1.50 bits per heavy atom. The van der Waals surface area contributed by atoms with Crippen LogP contribution in [0.4, 0.5) is 0 Å². The van der Waals surface area contributed by atoms with Crippen molar-refractivity contribution in [2.75, 3.05) is 27.2 Å². The second-order valence-electron chi connectivity index (χ2n) is 5.95. The Labute approximate surface area is 110 Å². The minimum absolute atomic E-state index is 0.496. The van der Waals surface area contributed by atoms with E-state index in [1.54, 1.807) is 0 Å². The van der Waals surface area contributed by atoms with Gasteiger partial charge in [0.15, 0.2) is 0 Å². The lowest BCUT2D eigenvalue weighted by atomic mass is 10.0.